The molecule has 0 radical (unpaired) electrons. The molecular weight excluding hydrogens is 322 g/mol. The lowest BCUT2D eigenvalue weighted by molar-refractivity contribution is -0.114. The van der Waals surface area contributed by atoms with E-state index in [0.29, 0.717) is 23.1 Å². The molecule has 24 heavy (non-hydrogen) atoms. The van der Waals surface area contributed by atoms with Gasteiger partial charge in [0.1, 0.15) is 5.75 Å². The van der Waals surface area contributed by atoms with Gasteiger partial charge in [-0.2, -0.15) is 0 Å². The summed E-state index contributed by atoms with van der Waals surface area (Å²) in [5.74, 6) is 0.562. The minimum Gasteiger partial charge on any atom is -0.491 e. The molecule has 0 unspecified atom stereocenters. The highest BCUT2D eigenvalue weighted by Gasteiger charge is 2.06. The maximum absolute atomic E-state index is 11.2. The highest BCUT2D eigenvalue weighted by atomic mass is 35.5. The molecule has 1 rings (SSSR count). The number of benzene rings is 1. The van der Waals surface area contributed by atoms with Crippen LogP contribution in [0.2, 0.25) is 5.02 Å². The number of carbonyl (C=O) groups excluding carboxylic acids is 1. The molecule has 1 amide bonds. The smallest absolute Gasteiger partial charge is 0.221 e. The Bertz CT molecular complexity index is 477. The van der Waals surface area contributed by atoms with Crippen LogP contribution in [0.25, 0.3) is 0 Å². The quantitative estimate of drug-likeness (QED) is 0.406. The third kappa shape index (κ3) is 9.82. The van der Waals surface area contributed by atoms with E-state index in [1.54, 1.807) is 12.1 Å². The van der Waals surface area contributed by atoms with E-state index in [-0.39, 0.29) is 5.91 Å². The van der Waals surface area contributed by atoms with Crippen LogP contribution < -0.4 is 10.1 Å². The van der Waals surface area contributed by atoms with E-state index in [1.165, 1.54) is 64.7 Å². The number of anilines is 1. The van der Waals surface area contributed by atoms with Crippen LogP contribution >= 0.6 is 11.6 Å². The second-order valence-corrected chi connectivity index (χ2v) is 6.79. The minimum absolute atomic E-state index is 0.124. The van der Waals surface area contributed by atoms with Gasteiger partial charge in [-0.3, -0.25) is 4.79 Å². The fourth-order valence-electron chi connectivity index (χ4n) is 2.69. The van der Waals surface area contributed by atoms with E-state index in [0.717, 1.165) is 6.42 Å². The normalized spacial score (nSPS) is 10.6. The highest BCUT2D eigenvalue weighted by molar-refractivity contribution is 6.31. The first-order valence-electron chi connectivity index (χ1n) is 9.33. The Kier molecular flexibility index (Phi) is 11.4. The largest absolute Gasteiger partial charge is 0.491 e. The molecule has 3 nitrogen and oxygen atoms in total. The molecule has 0 bridgehead atoms. The van der Waals surface area contributed by atoms with Crippen molar-refractivity contribution in [3.63, 3.8) is 0 Å². The average molecular weight is 354 g/mol. The number of hydrogen-bond acceptors (Lipinski definition) is 2. The molecule has 0 aromatic heterocycles. The van der Waals surface area contributed by atoms with Crippen LogP contribution in [0.3, 0.4) is 0 Å². The van der Waals surface area contributed by atoms with Gasteiger partial charge in [-0.15, -0.1) is 0 Å². The summed E-state index contributed by atoms with van der Waals surface area (Å²) in [6.45, 7) is 4.41. The van der Waals surface area contributed by atoms with Crippen molar-refractivity contribution in [3.8, 4) is 5.75 Å². The zero-order chi connectivity index (χ0) is 17.6. The molecule has 1 N–H and O–H groups in total. The van der Waals surface area contributed by atoms with Crippen molar-refractivity contribution >= 4 is 23.2 Å². The van der Waals surface area contributed by atoms with E-state index in [1.807, 2.05) is 6.07 Å². The first-order chi connectivity index (χ1) is 11.6. The molecule has 0 saturated heterocycles. The molecule has 0 heterocycles. The van der Waals surface area contributed by atoms with Gasteiger partial charge < -0.3 is 10.1 Å². The summed E-state index contributed by atoms with van der Waals surface area (Å²) < 4.78 is 5.79. The van der Waals surface area contributed by atoms with Gasteiger partial charge in [-0.1, -0.05) is 76.3 Å². The summed E-state index contributed by atoms with van der Waals surface area (Å²) in [5, 5.41) is 3.34. The topological polar surface area (TPSA) is 38.3 Å². The molecule has 1 aromatic rings. The maximum atomic E-state index is 11.2. The number of halogens is 1. The molecule has 0 aliphatic rings. The molecule has 0 aliphatic heterocycles. The van der Waals surface area contributed by atoms with Gasteiger partial charge in [0.05, 0.1) is 12.3 Å². The Morgan fingerprint density at radius 2 is 1.58 bits per heavy atom. The lowest BCUT2D eigenvalue weighted by Gasteiger charge is -2.12. The number of hydrogen-bond donors (Lipinski definition) is 1. The summed E-state index contributed by atoms with van der Waals surface area (Å²) in [4.78, 5) is 11.2. The van der Waals surface area contributed by atoms with Crippen molar-refractivity contribution in [2.75, 3.05) is 11.9 Å². The van der Waals surface area contributed by atoms with Crippen LogP contribution in [0.1, 0.15) is 78.1 Å². The van der Waals surface area contributed by atoms with Gasteiger partial charge in [0.25, 0.3) is 0 Å². The lowest BCUT2D eigenvalue weighted by Crippen LogP contribution is -2.08. The van der Waals surface area contributed by atoms with Gasteiger partial charge in [0, 0.05) is 11.9 Å². The van der Waals surface area contributed by atoms with E-state index >= 15 is 0 Å². The SMILES string of the molecule is CCCCCCCCCCCCOc1ccc(Cl)cc1NC(C)=O. The lowest BCUT2D eigenvalue weighted by atomic mass is 10.1. The van der Waals surface area contributed by atoms with E-state index in [9.17, 15) is 4.79 Å². The van der Waals surface area contributed by atoms with Gasteiger partial charge >= 0.3 is 0 Å². The number of nitrogens with one attached hydrogen (secondary N) is 1. The Hall–Kier alpha value is -1.22. The summed E-state index contributed by atoms with van der Waals surface area (Å²) in [6.07, 6.45) is 13.0. The first kappa shape index (κ1) is 20.8. The van der Waals surface area contributed by atoms with Crippen LogP contribution in [-0.4, -0.2) is 12.5 Å². The third-order valence-electron chi connectivity index (χ3n) is 4.01. The number of ether oxygens (including phenoxy) is 1. The molecule has 0 spiro atoms. The Morgan fingerprint density at radius 3 is 2.17 bits per heavy atom. The maximum Gasteiger partial charge on any atom is 0.221 e. The van der Waals surface area contributed by atoms with E-state index in [4.69, 9.17) is 16.3 Å². The van der Waals surface area contributed by atoms with Crippen molar-refractivity contribution in [3.05, 3.63) is 23.2 Å². The molecule has 136 valence electrons. The Labute approximate surface area is 152 Å². The summed E-state index contributed by atoms with van der Waals surface area (Å²) in [6, 6.07) is 5.31. The number of amides is 1. The van der Waals surface area contributed by atoms with Gasteiger partial charge in [0.2, 0.25) is 5.91 Å². The zero-order valence-corrected chi connectivity index (χ0v) is 16.0. The minimum atomic E-state index is -0.124. The molecule has 0 atom stereocenters. The number of carbonyl (C=O) groups is 1. The molecule has 4 heteroatoms. The molecule has 0 aliphatic carbocycles. The third-order valence-corrected chi connectivity index (χ3v) is 4.24. The Balaban J connectivity index is 2.12. The highest BCUT2D eigenvalue weighted by Crippen LogP contribution is 2.28. The van der Waals surface area contributed by atoms with Crippen LogP contribution in [0.15, 0.2) is 18.2 Å². The zero-order valence-electron chi connectivity index (χ0n) is 15.2. The average Bonchev–Trinajstić information content (AvgIpc) is 2.54. The predicted molar refractivity (Wildman–Crippen MR) is 103 cm³/mol. The van der Waals surface area contributed by atoms with Crippen LogP contribution in [0.4, 0.5) is 5.69 Å². The first-order valence-corrected chi connectivity index (χ1v) is 9.71. The van der Waals surface area contributed by atoms with E-state index < -0.39 is 0 Å². The van der Waals surface area contributed by atoms with Gasteiger partial charge in [0.15, 0.2) is 0 Å². The van der Waals surface area contributed by atoms with Crippen molar-refractivity contribution in [1.29, 1.82) is 0 Å². The fraction of sp³-hybridized carbons (Fsp3) is 0.650. The van der Waals surface area contributed by atoms with Crippen molar-refractivity contribution in [2.24, 2.45) is 0 Å². The van der Waals surface area contributed by atoms with Gasteiger partial charge in [-0.25, -0.2) is 0 Å². The van der Waals surface area contributed by atoms with Crippen LogP contribution in [0, 0.1) is 0 Å². The molecule has 1 aromatic carbocycles. The summed E-state index contributed by atoms with van der Waals surface area (Å²) in [7, 11) is 0. The Morgan fingerprint density at radius 1 is 1.00 bits per heavy atom. The second-order valence-electron chi connectivity index (χ2n) is 6.35. The van der Waals surface area contributed by atoms with Crippen LogP contribution in [0.5, 0.6) is 5.75 Å². The standard InChI is InChI=1S/C20H32ClNO2/c1-3-4-5-6-7-8-9-10-11-12-15-24-20-14-13-18(21)16-19(20)22-17(2)23/h13-14,16H,3-12,15H2,1-2H3,(H,22,23). The fourth-order valence-corrected chi connectivity index (χ4v) is 2.86. The molecule has 0 saturated carbocycles. The monoisotopic (exact) mass is 353 g/mol. The number of rotatable bonds is 13. The van der Waals surface area contributed by atoms with Gasteiger partial charge in [-0.05, 0) is 24.6 Å². The van der Waals surface area contributed by atoms with Crippen molar-refractivity contribution < 1.29 is 9.53 Å². The van der Waals surface area contributed by atoms with Crippen molar-refractivity contribution in [1.82, 2.24) is 0 Å². The molecule has 0 fully saturated rings. The summed E-state index contributed by atoms with van der Waals surface area (Å²) in [5.41, 5.74) is 0.641. The van der Waals surface area contributed by atoms with Crippen molar-refractivity contribution in [2.45, 2.75) is 78.1 Å². The van der Waals surface area contributed by atoms with Crippen LogP contribution in [-0.2, 0) is 4.79 Å². The van der Waals surface area contributed by atoms with E-state index in [2.05, 4.69) is 12.2 Å². The summed E-state index contributed by atoms with van der Waals surface area (Å²) >= 11 is 5.97. The predicted octanol–water partition coefficient (Wildman–Crippen LogP) is 6.60. The number of unbranched alkanes of at least 4 members (excludes halogenated alkanes) is 9. The molecular formula is C20H32ClNO2. The second kappa shape index (κ2) is 13.1.